The fourth-order valence-corrected chi connectivity index (χ4v) is 3.35. The van der Waals surface area contributed by atoms with Crippen LogP contribution in [0.15, 0.2) is 24.3 Å². The molecule has 1 aliphatic rings. The maximum atomic E-state index is 12.8. The van der Waals surface area contributed by atoms with E-state index in [1.54, 1.807) is 0 Å². The van der Waals surface area contributed by atoms with E-state index >= 15 is 0 Å². The summed E-state index contributed by atoms with van der Waals surface area (Å²) < 4.78 is 5.74. The standard InChI is InChI=1S/C19H28O2/c1-3-7-15-10-12-16(13-11-15)19(20)17-8-5-6-9-18(17)21-14-4-2/h5-6,8-9,15-16H,3-4,7,10-14H2,1-2H3. The van der Waals surface area contributed by atoms with Crippen LogP contribution in [0.3, 0.4) is 0 Å². The number of hydrogen-bond acceptors (Lipinski definition) is 2. The first-order chi connectivity index (χ1) is 10.3. The molecule has 1 aliphatic carbocycles. The predicted molar refractivity (Wildman–Crippen MR) is 86.9 cm³/mol. The molecule has 0 atom stereocenters. The Kier molecular flexibility index (Phi) is 6.28. The van der Waals surface area contributed by atoms with E-state index < -0.39 is 0 Å². The summed E-state index contributed by atoms with van der Waals surface area (Å²) in [5.41, 5.74) is 0.782. The second-order valence-electron chi connectivity index (χ2n) is 6.22. The highest BCUT2D eigenvalue weighted by Crippen LogP contribution is 2.34. The van der Waals surface area contributed by atoms with Crippen molar-refractivity contribution in [2.45, 2.75) is 58.8 Å². The van der Waals surface area contributed by atoms with Crippen molar-refractivity contribution in [2.24, 2.45) is 11.8 Å². The Bertz CT molecular complexity index is 445. The molecule has 2 heteroatoms. The molecule has 1 aromatic rings. The van der Waals surface area contributed by atoms with Crippen LogP contribution in [0.4, 0.5) is 0 Å². The highest BCUT2D eigenvalue weighted by Gasteiger charge is 2.28. The van der Waals surface area contributed by atoms with Crippen molar-refractivity contribution in [3.05, 3.63) is 29.8 Å². The zero-order valence-corrected chi connectivity index (χ0v) is 13.4. The second-order valence-corrected chi connectivity index (χ2v) is 6.22. The van der Waals surface area contributed by atoms with Crippen molar-refractivity contribution in [3.63, 3.8) is 0 Å². The van der Waals surface area contributed by atoms with Crippen LogP contribution in [-0.2, 0) is 0 Å². The summed E-state index contributed by atoms with van der Waals surface area (Å²) in [6, 6.07) is 7.73. The van der Waals surface area contributed by atoms with Gasteiger partial charge < -0.3 is 4.74 Å². The number of carbonyl (C=O) groups excluding carboxylic acids is 1. The lowest BCUT2D eigenvalue weighted by Crippen LogP contribution is -2.22. The predicted octanol–water partition coefficient (Wildman–Crippen LogP) is 5.26. The smallest absolute Gasteiger partial charge is 0.169 e. The second kappa shape index (κ2) is 8.21. The number of benzene rings is 1. The van der Waals surface area contributed by atoms with Gasteiger partial charge in [0.05, 0.1) is 12.2 Å². The molecule has 0 amide bonds. The Hall–Kier alpha value is -1.31. The molecule has 0 heterocycles. The minimum atomic E-state index is 0.199. The van der Waals surface area contributed by atoms with Crippen molar-refractivity contribution in [1.29, 1.82) is 0 Å². The molecule has 0 spiro atoms. The summed E-state index contributed by atoms with van der Waals surface area (Å²) in [5.74, 6) is 2.09. The molecule has 21 heavy (non-hydrogen) atoms. The van der Waals surface area contributed by atoms with E-state index in [1.807, 2.05) is 24.3 Å². The molecule has 0 unspecified atom stereocenters. The SMILES string of the molecule is CCCOc1ccccc1C(=O)C1CCC(CCC)CC1. The van der Waals surface area contributed by atoms with Crippen molar-refractivity contribution in [2.75, 3.05) is 6.61 Å². The Morgan fingerprint density at radius 1 is 1.10 bits per heavy atom. The maximum absolute atomic E-state index is 12.8. The fourth-order valence-electron chi connectivity index (χ4n) is 3.35. The molecule has 1 saturated carbocycles. The number of Topliss-reactive ketones (excluding diaryl/α,β-unsaturated/α-hetero) is 1. The van der Waals surface area contributed by atoms with Gasteiger partial charge in [-0.15, -0.1) is 0 Å². The molecular weight excluding hydrogens is 260 g/mol. The Morgan fingerprint density at radius 3 is 2.48 bits per heavy atom. The van der Waals surface area contributed by atoms with Crippen LogP contribution in [0.2, 0.25) is 0 Å². The van der Waals surface area contributed by atoms with E-state index in [9.17, 15) is 4.79 Å². The molecule has 1 aromatic carbocycles. The lowest BCUT2D eigenvalue weighted by molar-refractivity contribution is 0.0865. The molecule has 0 saturated heterocycles. The molecule has 0 aliphatic heterocycles. The van der Waals surface area contributed by atoms with Crippen LogP contribution in [-0.4, -0.2) is 12.4 Å². The molecular formula is C19H28O2. The van der Waals surface area contributed by atoms with E-state index in [2.05, 4.69) is 13.8 Å². The summed E-state index contributed by atoms with van der Waals surface area (Å²) >= 11 is 0. The average Bonchev–Trinajstić information content (AvgIpc) is 2.53. The number of hydrogen-bond donors (Lipinski definition) is 0. The molecule has 116 valence electrons. The molecule has 2 nitrogen and oxygen atoms in total. The van der Waals surface area contributed by atoms with Crippen LogP contribution < -0.4 is 4.74 Å². The van der Waals surface area contributed by atoms with Gasteiger partial charge in [-0.1, -0.05) is 38.8 Å². The molecule has 0 radical (unpaired) electrons. The zero-order chi connectivity index (χ0) is 15.1. The van der Waals surface area contributed by atoms with Crippen molar-refractivity contribution in [3.8, 4) is 5.75 Å². The third-order valence-electron chi connectivity index (χ3n) is 4.53. The van der Waals surface area contributed by atoms with E-state index in [0.717, 1.165) is 36.5 Å². The van der Waals surface area contributed by atoms with Crippen molar-refractivity contribution >= 4 is 5.78 Å². The summed E-state index contributed by atoms with van der Waals surface area (Å²) in [4.78, 5) is 12.8. The van der Waals surface area contributed by atoms with Gasteiger partial charge in [-0.05, 0) is 50.2 Å². The highest BCUT2D eigenvalue weighted by molar-refractivity contribution is 6.00. The van der Waals surface area contributed by atoms with Gasteiger partial charge in [0, 0.05) is 5.92 Å². The topological polar surface area (TPSA) is 26.3 Å². The number of rotatable bonds is 7. The van der Waals surface area contributed by atoms with Gasteiger partial charge in [0.15, 0.2) is 5.78 Å². The minimum Gasteiger partial charge on any atom is -0.493 e. The number of carbonyl (C=O) groups is 1. The quantitative estimate of drug-likeness (QED) is 0.639. The highest BCUT2D eigenvalue weighted by atomic mass is 16.5. The number of ketones is 1. The van der Waals surface area contributed by atoms with Crippen molar-refractivity contribution < 1.29 is 9.53 Å². The van der Waals surface area contributed by atoms with Crippen LogP contribution in [0.25, 0.3) is 0 Å². The summed E-state index contributed by atoms with van der Waals surface area (Å²) in [7, 11) is 0. The minimum absolute atomic E-state index is 0.199. The third-order valence-corrected chi connectivity index (χ3v) is 4.53. The molecule has 0 bridgehead atoms. The average molecular weight is 288 g/mol. The van der Waals surface area contributed by atoms with E-state index in [4.69, 9.17) is 4.74 Å². The van der Waals surface area contributed by atoms with Gasteiger partial charge in [-0.3, -0.25) is 4.79 Å². The normalized spacial score (nSPS) is 22.0. The first kappa shape index (κ1) is 16.1. The van der Waals surface area contributed by atoms with E-state index in [0.29, 0.717) is 6.61 Å². The first-order valence-electron chi connectivity index (χ1n) is 8.52. The van der Waals surface area contributed by atoms with Gasteiger partial charge in [-0.2, -0.15) is 0 Å². The fraction of sp³-hybridized carbons (Fsp3) is 0.632. The summed E-state index contributed by atoms with van der Waals surface area (Å²) in [6.45, 7) is 5.01. The Morgan fingerprint density at radius 2 is 1.81 bits per heavy atom. The number of ether oxygens (including phenoxy) is 1. The Labute approximate surface area is 128 Å². The molecule has 0 N–H and O–H groups in total. The van der Waals surface area contributed by atoms with E-state index in [1.165, 1.54) is 25.7 Å². The van der Waals surface area contributed by atoms with E-state index in [-0.39, 0.29) is 11.7 Å². The first-order valence-corrected chi connectivity index (χ1v) is 8.52. The summed E-state index contributed by atoms with van der Waals surface area (Å²) in [5, 5.41) is 0. The zero-order valence-electron chi connectivity index (χ0n) is 13.4. The van der Waals surface area contributed by atoms with Crippen LogP contribution in [0, 0.1) is 11.8 Å². The van der Waals surface area contributed by atoms with Gasteiger partial charge in [0.25, 0.3) is 0 Å². The lowest BCUT2D eigenvalue weighted by atomic mass is 9.77. The number of para-hydroxylation sites is 1. The van der Waals surface area contributed by atoms with Gasteiger partial charge in [0.2, 0.25) is 0 Å². The van der Waals surface area contributed by atoms with Gasteiger partial charge in [-0.25, -0.2) is 0 Å². The van der Waals surface area contributed by atoms with Gasteiger partial charge in [0.1, 0.15) is 5.75 Å². The van der Waals surface area contributed by atoms with Crippen LogP contribution >= 0.6 is 0 Å². The molecule has 1 fully saturated rings. The van der Waals surface area contributed by atoms with Crippen LogP contribution in [0.5, 0.6) is 5.75 Å². The van der Waals surface area contributed by atoms with Crippen molar-refractivity contribution in [1.82, 2.24) is 0 Å². The molecule has 0 aromatic heterocycles. The lowest BCUT2D eigenvalue weighted by Gasteiger charge is -2.27. The third kappa shape index (κ3) is 4.33. The monoisotopic (exact) mass is 288 g/mol. The van der Waals surface area contributed by atoms with Crippen LogP contribution in [0.1, 0.15) is 69.2 Å². The largest absolute Gasteiger partial charge is 0.493 e. The van der Waals surface area contributed by atoms with Gasteiger partial charge >= 0.3 is 0 Å². The Balaban J connectivity index is 2.00. The summed E-state index contributed by atoms with van der Waals surface area (Å²) in [6.07, 6.45) is 8.06. The molecule has 2 rings (SSSR count). The maximum Gasteiger partial charge on any atom is 0.169 e.